The molecular weight excluding hydrogens is 388 g/mol. The van der Waals surface area contributed by atoms with Gasteiger partial charge in [-0.2, -0.15) is 0 Å². The van der Waals surface area contributed by atoms with Crippen molar-refractivity contribution in [1.29, 1.82) is 0 Å². The van der Waals surface area contributed by atoms with Crippen molar-refractivity contribution < 1.29 is 19.5 Å². The molecule has 1 unspecified atom stereocenters. The van der Waals surface area contributed by atoms with Gasteiger partial charge in [-0.15, -0.1) is 10.2 Å². The topological polar surface area (TPSA) is 129 Å². The molecule has 3 N–H and O–H groups in total. The minimum atomic E-state index is -0.250. The molecule has 2 fully saturated rings. The third-order valence-corrected chi connectivity index (χ3v) is 5.98. The maximum atomic E-state index is 12.4. The smallest absolute Gasteiger partial charge is 0.290 e. The number of rotatable bonds is 8. The van der Waals surface area contributed by atoms with Crippen LogP contribution in [0.4, 0.5) is 0 Å². The molecule has 1 saturated heterocycles. The second-order valence-electron chi connectivity index (χ2n) is 8.03. The Morgan fingerprint density at radius 3 is 2.43 bits per heavy atom. The summed E-state index contributed by atoms with van der Waals surface area (Å²) in [5, 5.41) is 20.6. The third-order valence-electron chi connectivity index (χ3n) is 5.98. The van der Waals surface area contributed by atoms with E-state index in [-0.39, 0.29) is 30.2 Å². The van der Waals surface area contributed by atoms with Crippen molar-refractivity contribution >= 4 is 18.3 Å². The maximum Gasteiger partial charge on any atom is 0.290 e. The molecule has 10 heteroatoms. The summed E-state index contributed by atoms with van der Waals surface area (Å²) >= 11 is 0. The largest absolute Gasteiger partial charge is 0.483 e. The van der Waals surface area contributed by atoms with Gasteiger partial charge in [-0.05, 0) is 58.5 Å². The summed E-state index contributed by atoms with van der Waals surface area (Å²) in [6.07, 6.45) is 10.7. The number of nitrogens with one attached hydrogen (secondary N) is 2. The fourth-order valence-corrected chi connectivity index (χ4v) is 4.22. The molecular formula is C20H34N6O4. The van der Waals surface area contributed by atoms with Gasteiger partial charge in [0.05, 0.1) is 0 Å². The molecule has 1 aromatic rings. The number of carbonyl (C=O) groups is 3. The highest BCUT2D eigenvalue weighted by Gasteiger charge is 2.27. The number of aryl methyl sites for hydroxylation is 1. The molecule has 0 aromatic carbocycles. The average molecular weight is 423 g/mol. The van der Waals surface area contributed by atoms with E-state index < -0.39 is 0 Å². The van der Waals surface area contributed by atoms with Crippen molar-refractivity contribution in [3.63, 3.8) is 0 Å². The Hall–Kier alpha value is -2.49. The van der Waals surface area contributed by atoms with Crippen LogP contribution >= 0.6 is 0 Å². The van der Waals surface area contributed by atoms with Crippen molar-refractivity contribution in [2.45, 2.75) is 70.0 Å². The number of nitrogens with zero attached hydrogens (tertiary/aromatic N) is 4. The first-order chi connectivity index (χ1) is 14.5. The van der Waals surface area contributed by atoms with Crippen molar-refractivity contribution in [2.24, 2.45) is 5.92 Å². The summed E-state index contributed by atoms with van der Waals surface area (Å²) in [5.41, 5.74) is 0. The van der Waals surface area contributed by atoms with Gasteiger partial charge in [0.1, 0.15) is 12.7 Å². The van der Waals surface area contributed by atoms with E-state index in [1.165, 1.54) is 19.4 Å². The van der Waals surface area contributed by atoms with Crippen LogP contribution in [0.2, 0.25) is 0 Å². The Labute approximate surface area is 177 Å². The van der Waals surface area contributed by atoms with E-state index in [1.807, 2.05) is 0 Å². The molecule has 2 aliphatic rings. The van der Waals surface area contributed by atoms with E-state index in [4.69, 9.17) is 9.90 Å². The van der Waals surface area contributed by atoms with Crippen molar-refractivity contribution in [1.82, 2.24) is 30.3 Å². The van der Waals surface area contributed by atoms with Gasteiger partial charge in [-0.1, -0.05) is 0 Å². The Balaban J connectivity index is 0.00000101. The number of likely N-dealkylation sites (tertiary alicyclic amines) is 1. The first kappa shape index (κ1) is 23.8. The normalized spacial score (nSPS) is 23.8. The summed E-state index contributed by atoms with van der Waals surface area (Å²) in [4.78, 5) is 35.2. The van der Waals surface area contributed by atoms with E-state index >= 15 is 0 Å². The van der Waals surface area contributed by atoms with Crippen LogP contribution in [-0.2, 0) is 20.9 Å². The lowest BCUT2D eigenvalue weighted by molar-refractivity contribution is -0.126. The van der Waals surface area contributed by atoms with Gasteiger partial charge in [0.25, 0.3) is 6.47 Å². The second-order valence-corrected chi connectivity index (χ2v) is 8.03. The van der Waals surface area contributed by atoms with Crippen LogP contribution in [0.1, 0.15) is 51.4 Å². The van der Waals surface area contributed by atoms with Gasteiger partial charge >= 0.3 is 0 Å². The van der Waals surface area contributed by atoms with E-state index in [0.29, 0.717) is 19.0 Å². The predicted octanol–water partition coefficient (Wildman–Crippen LogP) is 0.645. The quantitative estimate of drug-likeness (QED) is 0.524. The van der Waals surface area contributed by atoms with Gasteiger partial charge in [-0.25, -0.2) is 0 Å². The van der Waals surface area contributed by atoms with Crippen LogP contribution in [0.15, 0.2) is 12.7 Å². The lowest BCUT2D eigenvalue weighted by Gasteiger charge is -2.28. The molecule has 0 bridgehead atoms. The molecule has 2 heterocycles. The monoisotopic (exact) mass is 422 g/mol. The van der Waals surface area contributed by atoms with Crippen molar-refractivity contribution in [3.05, 3.63) is 12.7 Å². The van der Waals surface area contributed by atoms with Gasteiger partial charge in [0, 0.05) is 37.5 Å². The number of aromatic nitrogens is 3. The molecule has 1 aromatic heterocycles. The van der Waals surface area contributed by atoms with Crippen molar-refractivity contribution in [2.75, 3.05) is 20.1 Å². The highest BCUT2D eigenvalue weighted by molar-refractivity contribution is 5.79. The number of carboxylic acid groups (broad SMARTS) is 1. The first-order valence-electron chi connectivity index (χ1n) is 10.7. The van der Waals surface area contributed by atoms with Crippen LogP contribution < -0.4 is 10.6 Å². The van der Waals surface area contributed by atoms with Crippen LogP contribution in [0.3, 0.4) is 0 Å². The van der Waals surface area contributed by atoms with E-state index in [1.54, 1.807) is 17.2 Å². The average Bonchev–Trinajstić information content (AvgIpc) is 3.39. The highest BCUT2D eigenvalue weighted by Crippen LogP contribution is 2.25. The summed E-state index contributed by atoms with van der Waals surface area (Å²) in [5.74, 6) is 0.335. The molecule has 30 heavy (non-hydrogen) atoms. The molecule has 0 radical (unpaired) electrons. The number of hydrogen-bond donors (Lipinski definition) is 3. The summed E-state index contributed by atoms with van der Waals surface area (Å²) in [7, 11) is 2.17. The number of amides is 2. The second kappa shape index (κ2) is 12.9. The zero-order chi connectivity index (χ0) is 21.8. The Morgan fingerprint density at radius 1 is 1.17 bits per heavy atom. The van der Waals surface area contributed by atoms with Crippen LogP contribution in [0.25, 0.3) is 0 Å². The van der Waals surface area contributed by atoms with E-state index in [2.05, 4.69) is 32.8 Å². The molecule has 1 saturated carbocycles. The molecule has 1 atom stereocenters. The Morgan fingerprint density at radius 2 is 1.83 bits per heavy atom. The highest BCUT2D eigenvalue weighted by atomic mass is 16.3. The first-order valence-corrected chi connectivity index (χ1v) is 10.7. The molecule has 1 aliphatic carbocycles. The fourth-order valence-electron chi connectivity index (χ4n) is 4.22. The summed E-state index contributed by atoms with van der Waals surface area (Å²) in [6, 6.07) is 0.809. The van der Waals surface area contributed by atoms with E-state index in [0.717, 1.165) is 38.6 Å². The van der Waals surface area contributed by atoms with Gasteiger partial charge in [0.15, 0.2) is 0 Å². The van der Waals surface area contributed by atoms with Crippen molar-refractivity contribution in [3.8, 4) is 0 Å². The zero-order valence-electron chi connectivity index (χ0n) is 17.7. The van der Waals surface area contributed by atoms with Crippen LogP contribution in [0, 0.1) is 5.92 Å². The van der Waals surface area contributed by atoms with E-state index in [9.17, 15) is 9.59 Å². The lowest BCUT2D eigenvalue weighted by Crippen LogP contribution is -2.41. The number of carbonyl (C=O) groups excluding carboxylic acids is 2. The fraction of sp³-hybridized carbons (Fsp3) is 0.750. The molecule has 3 rings (SSSR count). The molecule has 0 spiro atoms. The predicted molar refractivity (Wildman–Crippen MR) is 110 cm³/mol. The third kappa shape index (κ3) is 8.10. The molecule has 1 aliphatic heterocycles. The number of hydrogen-bond acceptors (Lipinski definition) is 6. The Bertz CT molecular complexity index is 646. The van der Waals surface area contributed by atoms with Gasteiger partial charge in [0.2, 0.25) is 11.8 Å². The Kier molecular flexibility index (Phi) is 10.3. The minimum Gasteiger partial charge on any atom is -0.483 e. The summed E-state index contributed by atoms with van der Waals surface area (Å²) in [6.45, 7) is 2.29. The standard InChI is InChI=1S/C19H32N6O2.CH2O2/c1-24-11-2-3-17(24)8-10-20-19(27)15-4-6-16(7-5-15)23-18(26)9-12-25-13-21-22-14-25;2-1-3/h13-17H,2-12H2,1H3,(H,20,27)(H,23,26);1H,(H,2,3). The zero-order valence-corrected chi connectivity index (χ0v) is 17.7. The maximum absolute atomic E-state index is 12.4. The van der Waals surface area contributed by atoms with Crippen LogP contribution in [-0.4, -0.2) is 75.3 Å². The lowest BCUT2D eigenvalue weighted by atomic mass is 9.85. The summed E-state index contributed by atoms with van der Waals surface area (Å²) < 4.78 is 1.80. The minimum absolute atomic E-state index is 0.0530. The molecule has 168 valence electrons. The van der Waals surface area contributed by atoms with Gasteiger partial charge in [-0.3, -0.25) is 14.4 Å². The van der Waals surface area contributed by atoms with Crippen LogP contribution in [0.5, 0.6) is 0 Å². The van der Waals surface area contributed by atoms with Gasteiger partial charge < -0.3 is 25.2 Å². The SMILES string of the molecule is CN1CCCC1CCNC(=O)C1CCC(NC(=O)CCn2cnnc2)CC1.O=CO. The molecule has 10 nitrogen and oxygen atoms in total. The molecule has 2 amide bonds.